The van der Waals surface area contributed by atoms with E-state index in [1.807, 2.05) is 0 Å². The minimum Gasteiger partial charge on any atom is -0.395 e. The molecule has 1 rings (SSSR count). The summed E-state index contributed by atoms with van der Waals surface area (Å²) < 4.78 is 0. The fourth-order valence-corrected chi connectivity index (χ4v) is 2.31. The Bertz CT molecular complexity index is 159. The Morgan fingerprint density at radius 3 is 2.43 bits per heavy atom. The molecule has 14 heavy (non-hydrogen) atoms. The van der Waals surface area contributed by atoms with Gasteiger partial charge in [-0.15, -0.1) is 0 Å². The number of aliphatic hydroxyl groups is 1. The number of aliphatic hydroxyl groups excluding tert-OH is 1. The van der Waals surface area contributed by atoms with Crippen LogP contribution in [0.5, 0.6) is 0 Å². The van der Waals surface area contributed by atoms with Crippen molar-refractivity contribution < 1.29 is 5.11 Å². The van der Waals surface area contributed by atoms with E-state index in [0.29, 0.717) is 11.8 Å². The Morgan fingerprint density at radius 1 is 1.43 bits per heavy atom. The molecule has 0 aliphatic heterocycles. The van der Waals surface area contributed by atoms with Crippen LogP contribution in [-0.4, -0.2) is 41.5 Å². The zero-order valence-electron chi connectivity index (χ0n) is 9.32. The van der Waals surface area contributed by atoms with E-state index < -0.39 is 0 Å². The predicted molar refractivity (Wildman–Crippen MR) is 63.9 cm³/mol. The SMILES string of the molecule is CC(C)C(CS)CN(CCO)C1CC1. The van der Waals surface area contributed by atoms with Crippen LogP contribution in [0.2, 0.25) is 0 Å². The molecule has 84 valence electrons. The number of nitrogens with zero attached hydrogens (tertiary/aromatic N) is 1. The molecule has 0 aromatic carbocycles. The van der Waals surface area contributed by atoms with E-state index in [0.717, 1.165) is 24.9 Å². The summed E-state index contributed by atoms with van der Waals surface area (Å²) in [6.07, 6.45) is 2.63. The molecule has 3 heteroatoms. The standard InChI is InChI=1S/C11H23NOS/c1-9(2)10(8-14)7-12(5-6-13)11-3-4-11/h9-11,13-14H,3-8H2,1-2H3. The van der Waals surface area contributed by atoms with Crippen LogP contribution in [0, 0.1) is 11.8 Å². The fourth-order valence-electron chi connectivity index (χ4n) is 1.77. The molecule has 1 aliphatic carbocycles. The first kappa shape index (κ1) is 12.3. The van der Waals surface area contributed by atoms with Gasteiger partial charge in [0.2, 0.25) is 0 Å². The van der Waals surface area contributed by atoms with Crippen LogP contribution in [0.1, 0.15) is 26.7 Å². The number of hydrogen-bond donors (Lipinski definition) is 2. The molecule has 0 heterocycles. The maximum atomic E-state index is 8.98. The molecule has 1 fully saturated rings. The highest BCUT2D eigenvalue weighted by Crippen LogP contribution is 2.28. The third-order valence-corrected chi connectivity index (χ3v) is 3.57. The zero-order chi connectivity index (χ0) is 10.6. The lowest BCUT2D eigenvalue weighted by molar-refractivity contribution is 0.160. The second-order valence-corrected chi connectivity index (χ2v) is 5.00. The summed E-state index contributed by atoms with van der Waals surface area (Å²) >= 11 is 4.40. The van der Waals surface area contributed by atoms with Crippen molar-refractivity contribution in [1.82, 2.24) is 4.90 Å². The third kappa shape index (κ3) is 3.79. The normalized spacial score (nSPS) is 19.3. The Balaban J connectivity index is 2.35. The summed E-state index contributed by atoms with van der Waals surface area (Å²) in [5.41, 5.74) is 0. The predicted octanol–water partition coefficient (Wildman–Crippen LogP) is 1.65. The highest BCUT2D eigenvalue weighted by atomic mass is 32.1. The lowest BCUT2D eigenvalue weighted by Gasteiger charge is -2.28. The van der Waals surface area contributed by atoms with Crippen molar-refractivity contribution in [1.29, 1.82) is 0 Å². The molecule has 0 saturated heterocycles. The second kappa shape index (κ2) is 5.99. The van der Waals surface area contributed by atoms with Gasteiger partial charge in [-0.3, -0.25) is 4.90 Å². The van der Waals surface area contributed by atoms with E-state index >= 15 is 0 Å². The van der Waals surface area contributed by atoms with Crippen molar-refractivity contribution in [2.45, 2.75) is 32.7 Å². The van der Waals surface area contributed by atoms with Crippen molar-refractivity contribution in [2.75, 3.05) is 25.4 Å². The van der Waals surface area contributed by atoms with E-state index in [4.69, 9.17) is 5.11 Å². The Labute approximate surface area is 93.1 Å². The van der Waals surface area contributed by atoms with Crippen LogP contribution in [-0.2, 0) is 0 Å². The van der Waals surface area contributed by atoms with Crippen LogP contribution in [0.25, 0.3) is 0 Å². The Kier molecular flexibility index (Phi) is 5.28. The number of rotatable bonds is 7. The van der Waals surface area contributed by atoms with E-state index in [1.165, 1.54) is 12.8 Å². The van der Waals surface area contributed by atoms with Crippen LogP contribution in [0.3, 0.4) is 0 Å². The van der Waals surface area contributed by atoms with Gasteiger partial charge in [-0.1, -0.05) is 13.8 Å². The van der Waals surface area contributed by atoms with Crippen LogP contribution >= 0.6 is 12.6 Å². The van der Waals surface area contributed by atoms with Gasteiger partial charge in [0.25, 0.3) is 0 Å². The maximum Gasteiger partial charge on any atom is 0.0558 e. The molecule has 1 N–H and O–H groups in total. The first-order valence-electron chi connectivity index (χ1n) is 5.64. The summed E-state index contributed by atoms with van der Waals surface area (Å²) in [6, 6.07) is 0.753. The highest BCUT2D eigenvalue weighted by Gasteiger charge is 2.30. The van der Waals surface area contributed by atoms with Gasteiger partial charge in [-0.2, -0.15) is 12.6 Å². The van der Waals surface area contributed by atoms with Gasteiger partial charge in [-0.25, -0.2) is 0 Å². The van der Waals surface area contributed by atoms with Gasteiger partial charge in [0.15, 0.2) is 0 Å². The molecule has 1 aliphatic rings. The van der Waals surface area contributed by atoms with Gasteiger partial charge in [-0.05, 0) is 30.4 Å². The molecule has 0 spiro atoms. The monoisotopic (exact) mass is 217 g/mol. The second-order valence-electron chi connectivity index (χ2n) is 4.64. The quantitative estimate of drug-likeness (QED) is 0.633. The van der Waals surface area contributed by atoms with Crippen molar-refractivity contribution >= 4 is 12.6 Å². The Morgan fingerprint density at radius 2 is 2.07 bits per heavy atom. The smallest absolute Gasteiger partial charge is 0.0558 e. The first-order valence-corrected chi connectivity index (χ1v) is 6.28. The molecule has 0 aromatic heterocycles. The number of thiol groups is 1. The van der Waals surface area contributed by atoms with Gasteiger partial charge in [0.05, 0.1) is 6.61 Å². The van der Waals surface area contributed by atoms with Crippen LogP contribution in [0.15, 0.2) is 0 Å². The van der Waals surface area contributed by atoms with E-state index in [-0.39, 0.29) is 6.61 Å². The Hall–Kier alpha value is 0.270. The van der Waals surface area contributed by atoms with E-state index in [1.54, 1.807) is 0 Å². The average molecular weight is 217 g/mol. The molecule has 2 nitrogen and oxygen atoms in total. The van der Waals surface area contributed by atoms with Crippen LogP contribution < -0.4 is 0 Å². The summed E-state index contributed by atoms with van der Waals surface area (Å²) in [6.45, 7) is 6.73. The van der Waals surface area contributed by atoms with E-state index in [9.17, 15) is 0 Å². The molecule has 0 aromatic rings. The number of hydrogen-bond acceptors (Lipinski definition) is 3. The topological polar surface area (TPSA) is 23.5 Å². The highest BCUT2D eigenvalue weighted by molar-refractivity contribution is 7.80. The molecular formula is C11H23NOS. The molecular weight excluding hydrogens is 194 g/mol. The molecule has 1 saturated carbocycles. The van der Waals surface area contributed by atoms with Crippen molar-refractivity contribution in [3.8, 4) is 0 Å². The molecule has 1 unspecified atom stereocenters. The molecule has 0 radical (unpaired) electrons. The first-order chi connectivity index (χ1) is 6.69. The fraction of sp³-hybridized carbons (Fsp3) is 1.00. The van der Waals surface area contributed by atoms with Gasteiger partial charge in [0, 0.05) is 19.1 Å². The minimum atomic E-state index is 0.286. The van der Waals surface area contributed by atoms with Crippen molar-refractivity contribution in [3.63, 3.8) is 0 Å². The lowest BCUT2D eigenvalue weighted by Crippen LogP contribution is -2.36. The molecule has 0 bridgehead atoms. The third-order valence-electron chi connectivity index (χ3n) is 3.10. The summed E-state index contributed by atoms with van der Waals surface area (Å²) in [7, 11) is 0. The van der Waals surface area contributed by atoms with Gasteiger partial charge in [0.1, 0.15) is 0 Å². The van der Waals surface area contributed by atoms with Crippen molar-refractivity contribution in [3.05, 3.63) is 0 Å². The minimum absolute atomic E-state index is 0.286. The van der Waals surface area contributed by atoms with Gasteiger partial charge >= 0.3 is 0 Å². The van der Waals surface area contributed by atoms with Crippen LogP contribution in [0.4, 0.5) is 0 Å². The van der Waals surface area contributed by atoms with E-state index in [2.05, 4.69) is 31.4 Å². The largest absolute Gasteiger partial charge is 0.395 e. The summed E-state index contributed by atoms with van der Waals surface area (Å²) in [5, 5.41) is 8.98. The summed E-state index contributed by atoms with van der Waals surface area (Å²) in [5.74, 6) is 2.30. The lowest BCUT2D eigenvalue weighted by atomic mass is 9.97. The maximum absolute atomic E-state index is 8.98. The summed E-state index contributed by atoms with van der Waals surface area (Å²) in [4.78, 5) is 2.43. The van der Waals surface area contributed by atoms with Gasteiger partial charge < -0.3 is 5.11 Å². The molecule has 0 amide bonds. The average Bonchev–Trinajstić information content (AvgIpc) is 2.94. The van der Waals surface area contributed by atoms with Crippen molar-refractivity contribution in [2.24, 2.45) is 11.8 Å². The zero-order valence-corrected chi connectivity index (χ0v) is 10.2. The molecule has 1 atom stereocenters.